The van der Waals surface area contributed by atoms with Gasteiger partial charge in [0.05, 0.1) is 33.2 Å². The minimum Gasteiger partial charge on any atom is -0.497 e. The molecule has 1 aliphatic heterocycles. The highest BCUT2D eigenvalue weighted by atomic mass is 16.5. The van der Waals surface area contributed by atoms with Crippen LogP contribution in [0.1, 0.15) is 48.8 Å². The van der Waals surface area contributed by atoms with Gasteiger partial charge >= 0.3 is 5.97 Å². The van der Waals surface area contributed by atoms with E-state index in [9.17, 15) is 10.1 Å². The van der Waals surface area contributed by atoms with Crippen molar-refractivity contribution in [3.63, 3.8) is 0 Å². The van der Waals surface area contributed by atoms with Crippen LogP contribution in [0.25, 0.3) is 0 Å². The molecular formula is C31H32N2O6. The topological polar surface area (TPSA) is 113 Å². The number of benzene rings is 3. The van der Waals surface area contributed by atoms with Crippen molar-refractivity contribution in [2.45, 2.75) is 38.5 Å². The van der Waals surface area contributed by atoms with Gasteiger partial charge in [-0.3, -0.25) is 4.79 Å². The van der Waals surface area contributed by atoms with E-state index in [2.05, 4.69) is 13.0 Å². The third-order valence-corrected chi connectivity index (χ3v) is 6.46. The minimum atomic E-state index is -0.495. The summed E-state index contributed by atoms with van der Waals surface area (Å²) in [4.78, 5) is 12.6. The van der Waals surface area contributed by atoms with E-state index in [1.54, 1.807) is 44.6 Å². The van der Waals surface area contributed by atoms with Crippen LogP contribution in [0.15, 0.2) is 72.1 Å². The fourth-order valence-electron chi connectivity index (χ4n) is 4.44. The van der Waals surface area contributed by atoms with Crippen molar-refractivity contribution < 1.29 is 28.5 Å². The molecule has 39 heavy (non-hydrogen) atoms. The van der Waals surface area contributed by atoms with Gasteiger partial charge in [-0.2, -0.15) is 5.26 Å². The van der Waals surface area contributed by atoms with Crippen LogP contribution >= 0.6 is 0 Å². The van der Waals surface area contributed by atoms with Crippen LogP contribution < -0.4 is 29.4 Å². The van der Waals surface area contributed by atoms with Crippen molar-refractivity contribution in [3.8, 4) is 34.8 Å². The van der Waals surface area contributed by atoms with Crippen LogP contribution in [0.4, 0.5) is 0 Å². The molecule has 4 rings (SSSR count). The van der Waals surface area contributed by atoms with Crippen LogP contribution in [0.3, 0.4) is 0 Å². The first-order valence-electron chi connectivity index (χ1n) is 12.8. The zero-order valence-corrected chi connectivity index (χ0v) is 22.4. The number of allylic oxidation sites excluding steroid dienone is 1. The number of ether oxygens (including phenoxy) is 5. The van der Waals surface area contributed by atoms with E-state index in [0.29, 0.717) is 35.4 Å². The number of carbonyl (C=O) groups is 1. The van der Waals surface area contributed by atoms with Gasteiger partial charge in [0.1, 0.15) is 28.9 Å². The van der Waals surface area contributed by atoms with Gasteiger partial charge < -0.3 is 29.4 Å². The van der Waals surface area contributed by atoms with E-state index in [-0.39, 0.29) is 17.9 Å². The number of methoxy groups -OCH3 is 2. The van der Waals surface area contributed by atoms with Gasteiger partial charge in [-0.15, -0.1) is 0 Å². The molecule has 0 aromatic heterocycles. The third kappa shape index (κ3) is 6.44. The predicted molar refractivity (Wildman–Crippen MR) is 146 cm³/mol. The Bertz CT molecular complexity index is 1390. The van der Waals surface area contributed by atoms with Gasteiger partial charge in [0.15, 0.2) is 11.5 Å². The molecule has 0 saturated carbocycles. The molecular weight excluding hydrogens is 496 g/mol. The second-order valence-electron chi connectivity index (χ2n) is 9.09. The van der Waals surface area contributed by atoms with Crippen LogP contribution in [0, 0.1) is 11.3 Å². The molecule has 0 radical (unpaired) electrons. The smallest absolute Gasteiger partial charge is 0.315 e. The fraction of sp³-hybridized carbons (Fsp3) is 0.290. The van der Waals surface area contributed by atoms with Crippen LogP contribution in [0.5, 0.6) is 28.7 Å². The molecule has 0 bridgehead atoms. The first kappa shape index (κ1) is 27.4. The van der Waals surface area contributed by atoms with Gasteiger partial charge in [-0.1, -0.05) is 44.0 Å². The monoisotopic (exact) mass is 528 g/mol. The molecule has 3 aromatic carbocycles. The Morgan fingerprint density at radius 3 is 2.44 bits per heavy atom. The van der Waals surface area contributed by atoms with Crippen LogP contribution in [0.2, 0.25) is 0 Å². The highest BCUT2D eigenvalue weighted by Gasteiger charge is 2.31. The molecule has 1 aliphatic rings. The van der Waals surface area contributed by atoms with E-state index in [1.807, 2.05) is 30.3 Å². The average Bonchev–Trinajstić information content (AvgIpc) is 2.95. The first-order chi connectivity index (χ1) is 19.0. The fourth-order valence-corrected chi connectivity index (χ4v) is 4.44. The van der Waals surface area contributed by atoms with Gasteiger partial charge in [0.2, 0.25) is 5.88 Å². The zero-order valence-electron chi connectivity index (χ0n) is 22.4. The lowest BCUT2D eigenvalue weighted by Gasteiger charge is -2.27. The summed E-state index contributed by atoms with van der Waals surface area (Å²) >= 11 is 0. The molecule has 0 spiro atoms. The summed E-state index contributed by atoms with van der Waals surface area (Å²) in [5.41, 5.74) is 8.76. The molecule has 2 N–H and O–H groups in total. The number of esters is 1. The maximum absolute atomic E-state index is 12.6. The lowest BCUT2D eigenvalue weighted by molar-refractivity contribution is -0.133. The van der Waals surface area contributed by atoms with Gasteiger partial charge in [0.25, 0.3) is 0 Å². The Kier molecular flexibility index (Phi) is 8.95. The lowest BCUT2D eigenvalue weighted by Crippen LogP contribution is -2.21. The molecule has 0 amide bonds. The van der Waals surface area contributed by atoms with Crippen molar-refractivity contribution in [1.82, 2.24) is 0 Å². The molecule has 8 heteroatoms. The van der Waals surface area contributed by atoms with E-state index in [4.69, 9.17) is 29.4 Å². The maximum Gasteiger partial charge on any atom is 0.315 e. The predicted octanol–water partition coefficient (Wildman–Crippen LogP) is 5.64. The lowest BCUT2D eigenvalue weighted by atomic mass is 9.83. The Hall–Kier alpha value is -4.64. The second-order valence-corrected chi connectivity index (χ2v) is 9.09. The molecule has 202 valence electrons. The Balaban J connectivity index is 1.57. The highest BCUT2D eigenvalue weighted by Crippen LogP contribution is 2.45. The molecule has 0 aliphatic carbocycles. The Labute approximate surface area is 228 Å². The standard InChI is InChI=1S/C31H32N2O6/c1-4-5-6-15-37-26-14-9-21(17-28(26)36-3)30-24-13-12-23(18-27(24)39-31(33)25(30)19-32)38-29(34)16-20-7-10-22(35-2)11-8-20/h7-14,17-18,30H,4-6,15-16,33H2,1-3H3. The van der Waals surface area contributed by atoms with Crippen LogP contribution in [-0.2, 0) is 11.2 Å². The number of nitrogens with two attached hydrogens (primary N) is 1. The molecule has 1 unspecified atom stereocenters. The third-order valence-electron chi connectivity index (χ3n) is 6.46. The largest absolute Gasteiger partial charge is 0.497 e. The molecule has 8 nitrogen and oxygen atoms in total. The maximum atomic E-state index is 12.6. The summed E-state index contributed by atoms with van der Waals surface area (Å²) in [6, 6.07) is 20.0. The van der Waals surface area contributed by atoms with Crippen molar-refractivity contribution in [2.75, 3.05) is 20.8 Å². The number of hydrogen-bond acceptors (Lipinski definition) is 8. The summed E-state index contributed by atoms with van der Waals surface area (Å²) in [7, 11) is 3.17. The number of unbranched alkanes of at least 4 members (excludes halogenated alkanes) is 2. The summed E-state index contributed by atoms with van der Waals surface area (Å²) < 4.78 is 28.0. The number of fused-ring (bicyclic) bond motifs is 1. The number of hydrogen-bond donors (Lipinski definition) is 1. The number of rotatable bonds is 11. The van der Waals surface area contributed by atoms with E-state index in [1.165, 1.54) is 0 Å². The Morgan fingerprint density at radius 2 is 1.74 bits per heavy atom. The molecule has 1 heterocycles. The normalized spacial score (nSPS) is 14.1. The summed E-state index contributed by atoms with van der Waals surface area (Å²) in [5.74, 6) is 1.71. The van der Waals surface area contributed by atoms with E-state index < -0.39 is 11.9 Å². The van der Waals surface area contributed by atoms with Crippen molar-refractivity contribution >= 4 is 5.97 Å². The second kappa shape index (κ2) is 12.7. The van der Waals surface area contributed by atoms with Crippen molar-refractivity contribution in [2.24, 2.45) is 5.73 Å². The zero-order chi connectivity index (χ0) is 27.8. The number of nitrogens with zero attached hydrogens (tertiary/aromatic N) is 1. The summed E-state index contributed by atoms with van der Waals surface area (Å²) in [6.45, 7) is 2.74. The number of nitriles is 1. The first-order valence-corrected chi connectivity index (χ1v) is 12.8. The van der Waals surface area contributed by atoms with Gasteiger partial charge in [0, 0.05) is 11.6 Å². The average molecular weight is 529 g/mol. The quantitative estimate of drug-likeness (QED) is 0.193. The molecule has 3 aromatic rings. The highest BCUT2D eigenvalue weighted by molar-refractivity contribution is 5.75. The van der Waals surface area contributed by atoms with E-state index in [0.717, 1.165) is 36.0 Å². The Morgan fingerprint density at radius 1 is 0.974 bits per heavy atom. The van der Waals surface area contributed by atoms with Gasteiger partial charge in [-0.05, 0) is 47.9 Å². The van der Waals surface area contributed by atoms with Crippen molar-refractivity contribution in [1.29, 1.82) is 5.26 Å². The molecule has 0 fully saturated rings. The van der Waals surface area contributed by atoms with Crippen LogP contribution in [-0.4, -0.2) is 26.8 Å². The molecule has 0 saturated heterocycles. The minimum absolute atomic E-state index is 0.00410. The molecule has 1 atom stereocenters. The summed E-state index contributed by atoms with van der Waals surface area (Å²) in [5, 5.41) is 9.91. The van der Waals surface area contributed by atoms with Crippen molar-refractivity contribution in [3.05, 3.63) is 88.8 Å². The number of carbonyl (C=O) groups excluding carboxylic acids is 1. The SMILES string of the molecule is CCCCCOc1ccc(C2C(C#N)=C(N)Oc3cc(OC(=O)Cc4ccc(OC)cc4)ccc32)cc1OC. The van der Waals surface area contributed by atoms with E-state index >= 15 is 0 Å². The van der Waals surface area contributed by atoms with Gasteiger partial charge in [-0.25, -0.2) is 0 Å². The summed E-state index contributed by atoms with van der Waals surface area (Å²) in [6.07, 6.45) is 3.25.